The molecule has 4 aromatic rings. The third kappa shape index (κ3) is 4.00. The zero-order chi connectivity index (χ0) is 20.2. The summed E-state index contributed by atoms with van der Waals surface area (Å²) in [6.07, 6.45) is 5.30. The second-order valence-electron chi connectivity index (χ2n) is 6.04. The van der Waals surface area contributed by atoms with Gasteiger partial charge in [0.1, 0.15) is 5.03 Å². The van der Waals surface area contributed by atoms with Crippen molar-refractivity contribution in [2.75, 3.05) is 14.2 Å². The van der Waals surface area contributed by atoms with Crippen molar-refractivity contribution in [3.05, 3.63) is 72.4 Å². The molecule has 4 rings (SSSR count). The lowest BCUT2D eigenvalue weighted by Gasteiger charge is -2.07. The van der Waals surface area contributed by atoms with Gasteiger partial charge in [-0.05, 0) is 36.4 Å². The first-order chi connectivity index (χ1) is 14.2. The van der Waals surface area contributed by atoms with Gasteiger partial charge < -0.3 is 14.0 Å². The zero-order valence-electron chi connectivity index (χ0n) is 15.7. The molecule has 0 N–H and O–H groups in total. The molecular formula is C21H17ClN4O3. The third-order valence-corrected chi connectivity index (χ3v) is 4.46. The maximum atomic E-state index is 6.39. The Hall–Kier alpha value is -3.58. The van der Waals surface area contributed by atoms with Gasteiger partial charge in [-0.3, -0.25) is 0 Å². The number of ether oxygens (including phenoxy) is 2. The van der Waals surface area contributed by atoms with E-state index in [0.29, 0.717) is 22.4 Å². The molecule has 2 aromatic heterocycles. The quantitative estimate of drug-likeness (QED) is 0.461. The molecule has 0 saturated carbocycles. The van der Waals surface area contributed by atoms with Crippen LogP contribution in [0.15, 0.2) is 65.4 Å². The first-order valence-electron chi connectivity index (χ1n) is 8.71. The predicted molar refractivity (Wildman–Crippen MR) is 110 cm³/mol. The summed E-state index contributed by atoms with van der Waals surface area (Å²) in [6.45, 7) is 0. The summed E-state index contributed by atoms with van der Waals surface area (Å²) >= 11 is 6.39. The molecule has 2 aromatic carbocycles. The van der Waals surface area contributed by atoms with Crippen LogP contribution in [0.1, 0.15) is 11.5 Å². The highest BCUT2D eigenvalue weighted by Gasteiger charge is 2.14. The van der Waals surface area contributed by atoms with Gasteiger partial charge in [0.05, 0.1) is 26.1 Å². The molecule has 0 radical (unpaired) electrons. The fourth-order valence-electron chi connectivity index (χ4n) is 2.75. The van der Waals surface area contributed by atoms with Crippen molar-refractivity contribution in [3.63, 3.8) is 0 Å². The fraction of sp³-hybridized carbons (Fsp3) is 0.0952. The molecule has 0 aliphatic carbocycles. The van der Waals surface area contributed by atoms with Crippen molar-refractivity contribution < 1.29 is 14.0 Å². The van der Waals surface area contributed by atoms with E-state index < -0.39 is 0 Å². The molecule has 146 valence electrons. The minimum Gasteiger partial charge on any atom is -0.493 e. The van der Waals surface area contributed by atoms with Crippen molar-refractivity contribution in [1.29, 1.82) is 0 Å². The topological polar surface area (TPSA) is 75.2 Å². The van der Waals surface area contributed by atoms with Gasteiger partial charge >= 0.3 is 0 Å². The SMILES string of the molecule is COc1ccc(-c2noc(/C(Cl)=C/c3cnn(-c4ccccc4)c3)n2)cc1OC. The monoisotopic (exact) mass is 408 g/mol. The molecule has 2 heterocycles. The summed E-state index contributed by atoms with van der Waals surface area (Å²) in [6, 6.07) is 15.2. The van der Waals surface area contributed by atoms with E-state index >= 15 is 0 Å². The molecular weight excluding hydrogens is 392 g/mol. The Labute approximate surface area is 172 Å². The van der Waals surface area contributed by atoms with Gasteiger partial charge in [-0.2, -0.15) is 10.1 Å². The molecule has 0 unspecified atom stereocenters. The Bertz CT molecular complexity index is 1150. The summed E-state index contributed by atoms with van der Waals surface area (Å²) in [5.41, 5.74) is 2.49. The standard InChI is InChI=1S/C21H17ClN4O3/c1-27-18-9-8-15(11-19(18)28-2)20-24-21(29-25-20)17(22)10-14-12-23-26(13-14)16-6-4-3-5-7-16/h3-13H,1-2H3/b17-10-. The Morgan fingerprint density at radius 3 is 2.62 bits per heavy atom. The van der Waals surface area contributed by atoms with Crippen LogP contribution in [0.25, 0.3) is 28.2 Å². The van der Waals surface area contributed by atoms with Gasteiger partial charge in [0.2, 0.25) is 5.82 Å². The summed E-state index contributed by atoms with van der Waals surface area (Å²) in [5, 5.41) is 8.66. The number of aromatic nitrogens is 4. The van der Waals surface area contributed by atoms with Crippen molar-refractivity contribution in [2.45, 2.75) is 0 Å². The Morgan fingerprint density at radius 1 is 1.07 bits per heavy atom. The number of hydrogen-bond acceptors (Lipinski definition) is 6. The van der Waals surface area contributed by atoms with Crippen LogP contribution in [0, 0.1) is 0 Å². The van der Waals surface area contributed by atoms with E-state index in [1.807, 2.05) is 42.6 Å². The number of hydrogen-bond donors (Lipinski definition) is 0. The molecule has 8 heteroatoms. The van der Waals surface area contributed by atoms with E-state index in [4.69, 9.17) is 25.6 Å². The van der Waals surface area contributed by atoms with Gasteiger partial charge in [-0.15, -0.1) is 0 Å². The highest BCUT2D eigenvalue weighted by atomic mass is 35.5. The van der Waals surface area contributed by atoms with Crippen LogP contribution >= 0.6 is 11.6 Å². The van der Waals surface area contributed by atoms with Crippen molar-refractivity contribution in [1.82, 2.24) is 19.9 Å². The lowest BCUT2D eigenvalue weighted by atomic mass is 10.2. The van der Waals surface area contributed by atoms with Crippen LogP contribution in [0.4, 0.5) is 0 Å². The number of methoxy groups -OCH3 is 2. The molecule has 0 amide bonds. The number of benzene rings is 2. The van der Waals surface area contributed by atoms with E-state index in [1.54, 1.807) is 43.3 Å². The van der Waals surface area contributed by atoms with Crippen LogP contribution < -0.4 is 9.47 Å². The van der Waals surface area contributed by atoms with E-state index in [1.165, 1.54) is 0 Å². The summed E-state index contributed by atoms with van der Waals surface area (Å²) in [4.78, 5) is 4.37. The smallest absolute Gasteiger partial charge is 0.269 e. The van der Waals surface area contributed by atoms with Gasteiger partial charge in [-0.25, -0.2) is 4.68 Å². The second-order valence-corrected chi connectivity index (χ2v) is 6.45. The minimum absolute atomic E-state index is 0.212. The number of rotatable bonds is 6. The van der Waals surface area contributed by atoms with Crippen LogP contribution in [0.5, 0.6) is 11.5 Å². The highest BCUT2D eigenvalue weighted by molar-refractivity contribution is 6.50. The fourth-order valence-corrected chi connectivity index (χ4v) is 2.96. The van der Waals surface area contributed by atoms with Crippen LogP contribution in [0.2, 0.25) is 0 Å². The van der Waals surface area contributed by atoms with Gasteiger partial charge in [0.15, 0.2) is 11.5 Å². The molecule has 0 fully saturated rings. The molecule has 0 bridgehead atoms. The average Bonchev–Trinajstić information content (AvgIpc) is 3.44. The summed E-state index contributed by atoms with van der Waals surface area (Å²) in [5.74, 6) is 1.80. The molecule has 0 aliphatic rings. The second kappa shape index (κ2) is 8.20. The molecule has 0 saturated heterocycles. The lowest BCUT2D eigenvalue weighted by Crippen LogP contribution is -1.92. The lowest BCUT2D eigenvalue weighted by molar-refractivity contribution is 0.355. The molecule has 0 aliphatic heterocycles. The normalized spacial score (nSPS) is 11.5. The first-order valence-corrected chi connectivity index (χ1v) is 9.09. The van der Waals surface area contributed by atoms with Gasteiger partial charge in [0, 0.05) is 17.3 Å². The molecule has 29 heavy (non-hydrogen) atoms. The third-order valence-electron chi connectivity index (χ3n) is 4.19. The Morgan fingerprint density at radius 2 is 1.86 bits per heavy atom. The number of halogens is 1. The van der Waals surface area contributed by atoms with Crippen molar-refractivity contribution in [3.8, 4) is 28.6 Å². The van der Waals surface area contributed by atoms with Crippen molar-refractivity contribution >= 4 is 22.7 Å². The van der Waals surface area contributed by atoms with Crippen LogP contribution in [0.3, 0.4) is 0 Å². The Kier molecular flexibility index (Phi) is 5.31. The first kappa shape index (κ1) is 18.8. The Balaban J connectivity index is 1.57. The van der Waals surface area contributed by atoms with Crippen LogP contribution in [-0.2, 0) is 0 Å². The maximum Gasteiger partial charge on any atom is 0.269 e. The van der Waals surface area contributed by atoms with Crippen LogP contribution in [-0.4, -0.2) is 34.1 Å². The molecule has 0 spiro atoms. The number of nitrogens with zero attached hydrogens (tertiary/aromatic N) is 4. The highest BCUT2D eigenvalue weighted by Crippen LogP contribution is 2.32. The molecule has 7 nitrogen and oxygen atoms in total. The van der Waals surface area contributed by atoms with E-state index in [9.17, 15) is 0 Å². The van der Waals surface area contributed by atoms with E-state index in [0.717, 1.165) is 16.8 Å². The maximum absolute atomic E-state index is 6.39. The van der Waals surface area contributed by atoms with Gasteiger partial charge in [0.25, 0.3) is 5.89 Å². The predicted octanol–water partition coefficient (Wildman–Crippen LogP) is 4.68. The summed E-state index contributed by atoms with van der Waals surface area (Å²) in [7, 11) is 3.15. The summed E-state index contributed by atoms with van der Waals surface area (Å²) < 4.78 is 17.6. The van der Waals surface area contributed by atoms with E-state index in [-0.39, 0.29) is 5.89 Å². The number of para-hydroxylation sites is 1. The zero-order valence-corrected chi connectivity index (χ0v) is 16.5. The average molecular weight is 409 g/mol. The van der Waals surface area contributed by atoms with Crippen molar-refractivity contribution in [2.24, 2.45) is 0 Å². The minimum atomic E-state index is 0.212. The largest absolute Gasteiger partial charge is 0.493 e. The molecule has 0 atom stereocenters. The van der Waals surface area contributed by atoms with E-state index in [2.05, 4.69) is 15.2 Å². The van der Waals surface area contributed by atoms with Gasteiger partial charge in [-0.1, -0.05) is 35.0 Å².